The van der Waals surface area contributed by atoms with E-state index in [1.54, 1.807) is 14.1 Å². The van der Waals surface area contributed by atoms with Crippen LogP contribution in [0.15, 0.2) is 39.4 Å². The summed E-state index contributed by atoms with van der Waals surface area (Å²) in [5.41, 5.74) is 0.0725. The van der Waals surface area contributed by atoms with E-state index < -0.39 is 11.7 Å². The van der Waals surface area contributed by atoms with Crippen molar-refractivity contribution in [2.24, 2.45) is 0 Å². The number of nitrogens with zero attached hydrogens (tertiary/aromatic N) is 1. The van der Waals surface area contributed by atoms with Crippen LogP contribution in [0.3, 0.4) is 0 Å². The molecular formula is C15H13Cl3F3N. The van der Waals surface area contributed by atoms with Gasteiger partial charge in [-0.2, -0.15) is 13.2 Å². The molecule has 0 spiro atoms. The van der Waals surface area contributed by atoms with Gasteiger partial charge in [0.15, 0.2) is 0 Å². The third-order valence-electron chi connectivity index (χ3n) is 3.45. The molecule has 2 rings (SSSR count). The molecule has 1 aromatic rings. The summed E-state index contributed by atoms with van der Waals surface area (Å²) in [5.74, 6) is -0.294. The van der Waals surface area contributed by atoms with Gasteiger partial charge in [0.1, 0.15) is 0 Å². The molecule has 7 heteroatoms. The van der Waals surface area contributed by atoms with Crippen LogP contribution in [0, 0.1) is 0 Å². The summed E-state index contributed by atoms with van der Waals surface area (Å²) in [6, 6.07) is 4.00. The normalized spacial score (nSPS) is 19.3. The van der Waals surface area contributed by atoms with E-state index in [9.17, 15) is 13.2 Å². The van der Waals surface area contributed by atoms with Crippen LogP contribution in [0.4, 0.5) is 18.9 Å². The quantitative estimate of drug-likeness (QED) is 0.610. The highest BCUT2D eigenvalue weighted by molar-refractivity contribution is 6.42. The van der Waals surface area contributed by atoms with Gasteiger partial charge in [0, 0.05) is 35.8 Å². The Morgan fingerprint density at radius 2 is 1.77 bits per heavy atom. The van der Waals surface area contributed by atoms with Crippen molar-refractivity contribution in [2.75, 3.05) is 19.0 Å². The number of rotatable bonds is 2. The van der Waals surface area contributed by atoms with E-state index in [1.165, 1.54) is 23.1 Å². The van der Waals surface area contributed by atoms with Crippen LogP contribution in [-0.2, 0) is 6.18 Å². The highest BCUT2D eigenvalue weighted by Crippen LogP contribution is 2.44. The number of allylic oxidation sites excluding steroid dienone is 4. The number of anilines is 1. The number of benzene rings is 1. The fourth-order valence-electron chi connectivity index (χ4n) is 2.33. The SMILES string of the molecule is CN(C)c1cc(C2CC(Cl)=C(Cl)C=C2Cl)ccc1C(F)(F)F. The van der Waals surface area contributed by atoms with E-state index in [-0.39, 0.29) is 11.6 Å². The van der Waals surface area contributed by atoms with Gasteiger partial charge in [-0.05, 0) is 30.2 Å². The Bertz CT molecular complexity index is 648. The fraction of sp³-hybridized carbons (Fsp3) is 0.333. The molecule has 0 saturated heterocycles. The number of hydrogen-bond acceptors (Lipinski definition) is 1. The molecule has 0 heterocycles. The highest BCUT2D eigenvalue weighted by atomic mass is 35.5. The number of halogens is 6. The van der Waals surface area contributed by atoms with Crippen LogP contribution in [0.25, 0.3) is 0 Å². The molecule has 0 N–H and O–H groups in total. The van der Waals surface area contributed by atoms with E-state index in [0.717, 1.165) is 6.07 Å². The molecule has 0 fully saturated rings. The van der Waals surface area contributed by atoms with Crippen molar-refractivity contribution < 1.29 is 13.2 Å². The minimum atomic E-state index is -4.41. The molecule has 1 aliphatic carbocycles. The first-order chi connectivity index (χ1) is 10.1. The lowest BCUT2D eigenvalue weighted by molar-refractivity contribution is -0.137. The molecule has 0 bridgehead atoms. The number of hydrogen-bond donors (Lipinski definition) is 0. The average molecular weight is 371 g/mol. The third kappa shape index (κ3) is 3.55. The van der Waals surface area contributed by atoms with Crippen molar-refractivity contribution in [3.63, 3.8) is 0 Å². The van der Waals surface area contributed by atoms with Crippen molar-refractivity contribution in [1.29, 1.82) is 0 Å². The molecule has 0 radical (unpaired) electrons. The van der Waals surface area contributed by atoms with Crippen molar-refractivity contribution in [3.8, 4) is 0 Å². The van der Waals surface area contributed by atoms with Crippen molar-refractivity contribution in [2.45, 2.75) is 18.5 Å². The van der Waals surface area contributed by atoms with Crippen LogP contribution in [-0.4, -0.2) is 14.1 Å². The molecule has 1 nitrogen and oxygen atoms in total. The van der Waals surface area contributed by atoms with Gasteiger partial charge >= 0.3 is 6.18 Å². The third-order valence-corrected chi connectivity index (χ3v) is 4.62. The fourth-order valence-corrected chi connectivity index (χ4v) is 3.10. The Morgan fingerprint density at radius 3 is 2.32 bits per heavy atom. The summed E-state index contributed by atoms with van der Waals surface area (Å²) in [5, 5.41) is 1.27. The summed E-state index contributed by atoms with van der Waals surface area (Å²) < 4.78 is 39.2. The van der Waals surface area contributed by atoms with Gasteiger partial charge < -0.3 is 4.90 Å². The van der Waals surface area contributed by atoms with E-state index in [1.807, 2.05) is 0 Å². The Kier molecular flexibility index (Phi) is 5.05. The second-order valence-corrected chi connectivity index (χ2v) is 6.51. The zero-order valence-corrected chi connectivity index (χ0v) is 14.1. The zero-order valence-electron chi connectivity index (χ0n) is 11.8. The maximum absolute atomic E-state index is 13.1. The highest BCUT2D eigenvalue weighted by Gasteiger charge is 2.35. The summed E-state index contributed by atoms with van der Waals surface area (Å²) in [4.78, 5) is 1.43. The van der Waals surface area contributed by atoms with Crippen LogP contribution in [0.2, 0.25) is 0 Å². The molecule has 120 valence electrons. The molecule has 0 saturated carbocycles. The molecule has 1 aromatic carbocycles. The lowest BCUT2D eigenvalue weighted by Crippen LogP contribution is -2.17. The first kappa shape index (κ1) is 17.5. The Hall–Kier alpha value is -0.840. The molecule has 1 atom stereocenters. The monoisotopic (exact) mass is 369 g/mol. The average Bonchev–Trinajstić information content (AvgIpc) is 2.41. The number of alkyl halides is 3. The molecule has 22 heavy (non-hydrogen) atoms. The summed E-state index contributed by atoms with van der Waals surface area (Å²) in [6.45, 7) is 0. The van der Waals surface area contributed by atoms with Crippen LogP contribution >= 0.6 is 34.8 Å². The maximum Gasteiger partial charge on any atom is 0.418 e. The first-order valence-electron chi connectivity index (χ1n) is 6.41. The van der Waals surface area contributed by atoms with Gasteiger partial charge in [-0.3, -0.25) is 0 Å². The predicted octanol–water partition coefficient (Wildman–Crippen LogP) is 6.07. The van der Waals surface area contributed by atoms with E-state index in [4.69, 9.17) is 34.8 Å². The maximum atomic E-state index is 13.1. The Morgan fingerprint density at radius 1 is 1.14 bits per heavy atom. The predicted molar refractivity (Wildman–Crippen MR) is 85.8 cm³/mol. The lowest BCUT2D eigenvalue weighted by atomic mass is 9.90. The zero-order chi connectivity index (χ0) is 16.7. The summed E-state index contributed by atoms with van der Waals surface area (Å²) in [7, 11) is 3.13. The van der Waals surface area contributed by atoms with Gasteiger partial charge in [-0.25, -0.2) is 0 Å². The first-order valence-corrected chi connectivity index (χ1v) is 7.54. The summed E-state index contributed by atoms with van der Waals surface area (Å²) in [6.07, 6.45) is -2.51. The molecule has 0 aromatic heterocycles. The van der Waals surface area contributed by atoms with E-state index >= 15 is 0 Å². The Labute approximate surface area is 141 Å². The van der Waals surface area contributed by atoms with Gasteiger partial charge in [0.25, 0.3) is 0 Å². The minimum Gasteiger partial charge on any atom is -0.377 e. The standard InChI is InChI=1S/C15H13Cl3F3N/c1-22(2)14-5-8(3-4-10(14)15(19,20)21)9-6-12(17)13(18)7-11(9)16/h3-5,7,9H,6H2,1-2H3. The van der Waals surface area contributed by atoms with Crippen LogP contribution in [0.5, 0.6) is 0 Å². The van der Waals surface area contributed by atoms with Crippen molar-refractivity contribution in [1.82, 2.24) is 0 Å². The van der Waals surface area contributed by atoms with Gasteiger partial charge in [0.05, 0.1) is 10.6 Å². The molecule has 1 aliphatic rings. The Balaban J connectivity index is 2.47. The van der Waals surface area contributed by atoms with Crippen LogP contribution < -0.4 is 4.90 Å². The molecule has 0 aliphatic heterocycles. The van der Waals surface area contributed by atoms with Crippen molar-refractivity contribution >= 4 is 40.5 Å². The smallest absolute Gasteiger partial charge is 0.377 e. The minimum absolute atomic E-state index is 0.0891. The topological polar surface area (TPSA) is 3.24 Å². The second-order valence-electron chi connectivity index (χ2n) is 5.21. The van der Waals surface area contributed by atoms with Crippen LogP contribution in [0.1, 0.15) is 23.5 Å². The van der Waals surface area contributed by atoms with Gasteiger partial charge in [-0.1, -0.05) is 40.9 Å². The molecule has 1 unspecified atom stereocenters. The van der Waals surface area contributed by atoms with Gasteiger partial charge in [0.2, 0.25) is 0 Å². The van der Waals surface area contributed by atoms with E-state index in [0.29, 0.717) is 27.1 Å². The van der Waals surface area contributed by atoms with E-state index in [2.05, 4.69) is 0 Å². The lowest BCUT2D eigenvalue weighted by Gasteiger charge is -2.25. The largest absolute Gasteiger partial charge is 0.418 e. The molecule has 0 amide bonds. The second kappa shape index (κ2) is 6.34. The van der Waals surface area contributed by atoms with Gasteiger partial charge in [-0.15, -0.1) is 0 Å². The summed E-state index contributed by atoms with van der Waals surface area (Å²) >= 11 is 18.1. The van der Waals surface area contributed by atoms with Crippen molar-refractivity contribution in [3.05, 3.63) is 50.5 Å². The molecular weight excluding hydrogens is 358 g/mol.